The van der Waals surface area contributed by atoms with E-state index in [0.29, 0.717) is 6.54 Å². The molecule has 0 amide bonds. The summed E-state index contributed by atoms with van der Waals surface area (Å²) in [7, 11) is 0. The van der Waals surface area contributed by atoms with Gasteiger partial charge in [0.15, 0.2) is 0 Å². The lowest BCUT2D eigenvalue weighted by molar-refractivity contribution is 0.624. The minimum atomic E-state index is -0.357. The highest BCUT2D eigenvalue weighted by Crippen LogP contribution is 2.11. The number of nitrogen functional groups attached to an aromatic ring is 1. The molecule has 3 nitrogen and oxygen atoms in total. The van der Waals surface area contributed by atoms with E-state index in [0.717, 1.165) is 23.5 Å². The SMILES string of the molecule is Nc1ccc(CNCCc2nccs2)cc1F. The van der Waals surface area contributed by atoms with E-state index in [-0.39, 0.29) is 11.5 Å². The van der Waals surface area contributed by atoms with Crippen molar-refractivity contribution in [2.45, 2.75) is 13.0 Å². The van der Waals surface area contributed by atoms with Gasteiger partial charge in [-0.3, -0.25) is 0 Å². The number of thiazole rings is 1. The number of benzene rings is 1. The van der Waals surface area contributed by atoms with Crippen molar-refractivity contribution >= 4 is 17.0 Å². The maximum atomic E-state index is 13.2. The molecule has 1 aromatic heterocycles. The fraction of sp³-hybridized carbons (Fsp3) is 0.250. The number of anilines is 1. The Morgan fingerprint density at radius 1 is 1.41 bits per heavy atom. The third-order valence-corrected chi connectivity index (χ3v) is 3.23. The molecule has 0 saturated heterocycles. The summed E-state index contributed by atoms with van der Waals surface area (Å²) < 4.78 is 13.2. The van der Waals surface area contributed by atoms with E-state index < -0.39 is 0 Å². The first-order valence-electron chi connectivity index (χ1n) is 5.38. The zero-order valence-corrected chi connectivity index (χ0v) is 10.1. The van der Waals surface area contributed by atoms with Crippen LogP contribution in [0.5, 0.6) is 0 Å². The molecule has 2 aromatic rings. The fourth-order valence-electron chi connectivity index (χ4n) is 1.49. The maximum absolute atomic E-state index is 13.2. The van der Waals surface area contributed by atoms with Crippen LogP contribution in [0.25, 0.3) is 0 Å². The summed E-state index contributed by atoms with van der Waals surface area (Å²) in [6.45, 7) is 1.47. The molecule has 0 unspecified atom stereocenters. The van der Waals surface area contributed by atoms with Crippen LogP contribution in [0.4, 0.5) is 10.1 Å². The molecule has 0 aliphatic rings. The van der Waals surface area contributed by atoms with E-state index in [1.165, 1.54) is 6.07 Å². The molecule has 0 spiro atoms. The van der Waals surface area contributed by atoms with Crippen LogP contribution in [-0.4, -0.2) is 11.5 Å². The van der Waals surface area contributed by atoms with Crippen LogP contribution in [0, 0.1) is 5.82 Å². The second-order valence-corrected chi connectivity index (χ2v) is 4.69. The summed E-state index contributed by atoms with van der Waals surface area (Å²) in [5.41, 5.74) is 6.50. The van der Waals surface area contributed by atoms with Crippen LogP contribution < -0.4 is 11.1 Å². The van der Waals surface area contributed by atoms with Crippen molar-refractivity contribution < 1.29 is 4.39 Å². The Labute approximate surface area is 103 Å². The van der Waals surface area contributed by atoms with E-state index in [1.807, 2.05) is 11.4 Å². The van der Waals surface area contributed by atoms with Gasteiger partial charge in [-0.1, -0.05) is 6.07 Å². The van der Waals surface area contributed by atoms with Gasteiger partial charge in [-0.25, -0.2) is 9.37 Å². The molecule has 1 heterocycles. The Kier molecular flexibility index (Phi) is 4.06. The van der Waals surface area contributed by atoms with Gasteiger partial charge in [0.05, 0.1) is 10.7 Å². The third kappa shape index (κ3) is 3.51. The van der Waals surface area contributed by atoms with Gasteiger partial charge in [-0.05, 0) is 17.7 Å². The molecule has 3 N–H and O–H groups in total. The summed E-state index contributed by atoms with van der Waals surface area (Å²) in [4.78, 5) is 4.19. The van der Waals surface area contributed by atoms with Crippen LogP contribution in [0.15, 0.2) is 29.8 Å². The molecule has 1 aromatic carbocycles. The van der Waals surface area contributed by atoms with Crippen LogP contribution in [0.3, 0.4) is 0 Å². The molecule has 90 valence electrons. The van der Waals surface area contributed by atoms with E-state index in [9.17, 15) is 4.39 Å². The van der Waals surface area contributed by atoms with Crippen molar-refractivity contribution in [3.63, 3.8) is 0 Å². The van der Waals surface area contributed by atoms with Gasteiger partial charge in [-0.15, -0.1) is 11.3 Å². The normalized spacial score (nSPS) is 10.6. The first-order valence-corrected chi connectivity index (χ1v) is 6.26. The highest BCUT2D eigenvalue weighted by Gasteiger charge is 2.00. The van der Waals surface area contributed by atoms with Crippen molar-refractivity contribution in [1.82, 2.24) is 10.3 Å². The molecule has 0 aliphatic carbocycles. The van der Waals surface area contributed by atoms with Gasteiger partial charge in [0, 0.05) is 31.1 Å². The number of hydrogen-bond acceptors (Lipinski definition) is 4. The maximum Gasteiger partial charge on any atom is 0.146 e. The summed E-state index contributed by atoms with van der Waals surface area (Å²) in [6, 6.07) is 4.88. The largest absolute Gasteiger partial charge is 0.396 e. The number of nitrogens with zero attached hydrogens (tertiary/aromatic N) is 1. The number of rotatable bonds is 5. The lowest BCUT2D eigenvalue weighted by Gasteiger charge is -2.05. The number of nitrogens with one attached hydrogen (secondary N) is 1. The zero-order chi connectivity index (χ0) is 12.1. The zero-order valence-electron chi connectivity index (χ0n) is 9.32. The van der Waals surface area contributed by atoms with Gasteiger partial charge in [0.2, 0.25) is 0 Å². The Morgan fingerprint density at radius 3 is 3.00 bits per heavy atom. The van der Waals surface area contributed by atoms with E-state index >= 15 is 0 Å². The second-order valence-electron chi connectivity index (χ2n) is 3.71. The topological polar surface area (TPSA) is 50.9 Å². The highest BCUT2D eigenvalue weighted by atomic mass is 32.1. The molecule has 0 fully saturated rings. The summed E-state index contributed by atoms with van der Waals surface area (Å²) in [5, 5.41) is 6.32. The Hall–Kier alpha value is -1.46. The Morgan fingerprint density at radius 2 is 2.29 bits per heavy atom. The van der Waals surface area contributed by atoms with Crippen LogP contribution in [0.2, 0.25) is 0 Å². The molecular weight excluding hydrogens is 237 g/mol. The predicted octanol–water partition coefficient (Wildman–Crippen LogP) is 2.20. The quantitative estimate of drug-likeness (QED) is 0.632. The van der Waals surface area contributed by atoms with E-state index in [1.54, 1.807) is 23.6 Å². The summed E-state index contributed by atoms with van der Waals surface area (Å²) in [5.74, 6) is -0.357. The van der Waals surface area contributed by atoms with Crippen LogP contribution >= 0.6 is 11.3 Å². The van der Waals surface area contributed by atoms with Crippen LogP contribution in [-0.2, 0) is 13.0 Å². The Balaban J connectivity index is 1.76. The average Bonchev–Trinajstić information content (AvgIpc) is 2.82. The van der Waals surface area contributed by atoms with Crippen LogP contribution in [0.1, 0.15) is 10.6 Å². The number of halogens is 1. The van der Waals surface area contributed by atoms with Crippen molar-refractivity contribution in [2.75, 3.05) is 12.3 Å². The average molecular weight is 251 g/mol. The predicted molar refractivity (Wildman–Crippen MR) is 68.3 cm³/mol. The second kappa shape index (κ2) is 5.75. The van der Waals surface area contributed by atoms with E-state index in [2.05, 4.69) is 10.3 Å². The van der Waals surface area contributed by atoms with Gasteiger partial charge in [0.25, 0.3) is 0 Å². The number of hydrogen-bond donors (Lipinski definition) is 2. The first kappa shape index (κ1) is 12.0. The standard InChI is InChI=1S/C12H14FN3S/c13-10-7-9(1-2-11(10)14)8-15-4-3-12-16-5-6-17-12/h1-2,5-7,15H,3-4,8,14H2. The summed E-state index contributed by atoms with van der Waals surface area (Å²) >= 11 is 1.65. The molecular formula is C12H14FN3S. The molecule has 0 radical (unpaired) electrons. The molecule has 17 heavy (non-hydrogen) atoms. The minimum Gasteiger partial charge on any atom is -0.396 e. The molecule has 5 heteroatoms. The van der Waals surface area contributed by atoms with Crippen molar-refractivity contribution in [3.05, 3.63) is 46.2 Å². The van der Waals surface area contributed by atoms with Gasteiger partial charge in [-0.2, -0.15) is 0 Å². The Bertz CT molecular complexity index is 471. The fourth-order valence-corrected chi connectivity index (χ4v) is 2.11. The van der Waals surface area contributed by atoms with Crippen molar-refractivity contribution in [1.29, 1.82) is 0 Å². The molecule has 0 aliphatic heterocycles. The molecule has 0 saturated carbocycles. The highest BCUT2D eigenvalue weighted by molar-refractivity contribution is 7.09. The number of nitrogens with two attached hydrogens (primary N) is 1. The molecule has 2 rings (SSSR count). The van der Waals surface area contributed by atoms with Crippen molar-refractivity contribution in [3.8, 4) is 0 Å². The smallest absolute Gasteiger partial charge is 0.146 e. The number of aromatic nitrogens is 1. The minimum absolute atomic E-state index is 0.191. The molecule has 0 atom stereocenters. The first-order chi connectivity index (χ1) is 8.25. The molecule has 0 bridgehead atoms. The van der Waals surface area contributed by atoms with Gasteiger partial charge in [0.1, 0.15) is 5.82 Å². The lowest BCUT2D eigenvalue weighted by Crippen LogP contribution is -2.16. The van der Waals surface area contributed by atoms with Gasteiger partial charge >= 0.3 is 0 Å². The summed E-state index contributed by atoms with van der Waals surface area (Å²) in [6.07, 6.45) is 2.70. The third-order valence-electron chi connectivity index (χ3n) is 2.39. The van der Waals surface area contributed by atoms with E-state index in [4.69, 9.17) is 5.73 Å². The van der Waals surface area contributed by atoms with Gasteiger partial charge < -0.3 is 11.1 Å². The van der Waals surface area contributed by atoms with Crippen molar-refractivity contribution in [2.24, 2.45) is 0 Å². The lowest BCUT2D eigenvalue weighted by atomic mass is 10.2. The monoisotopic (exact) mass is 251 g/mol.